The van der Waals surface area contributed by atoms with E-state index in [0.29, 0.717) is 12.8 Å². The topological polar surface area (TPSA) is 72.2 Å². The van der Waals surface area contributed by atoms with Gasteiger partial charge in [0.25, 0.3) is 0 Å². The predicted molar refractivity (Wildman–Crippen MR) is 55.6 cm³/mol. The minimum atomic E-state index is -0.227. The number of nitrogens with one attached hydrogen (secondary N) is 1. The van der Waals surface area contributed by atoms with Crippen LogP contribution < -0.4 is 11.1 Å². The van der Waals surface area contributed by atoms with E-state index in [0.717, 1.165) is 32.1 Å². The third kappa shape index (κ3) is 9.03. The Morgan fingerprint density at radius 2 is 1.50 bits per heavy atom. The molecule has 0 rings (SSSR count). The number of nitrogens with two attached hydrogens (primary N) is 1. The highest BCUT2D eigenvalue weighted by atomic mass is 16.1. The van der Waals surface area contributed by atoms with Crippen molar-refractivity contribution in [2.45, 2.75) is 44.9 Å². The maximum Gasteiger partial charge on any atom is 0.219 e. The predicted octanol–water partition coefficient (Wildman–Crippen LogP) is 0.948. The van der Waals surface area contributed by atoms with Gasteiger partial charge >= 0.3 is 0 Å². The molecule has 4 heteroatoms. The molecular formula is C10H20N2O2. The maximum absolute atomic E-state index is 10.8. The molecule has 82 valence electrons. The van der Waals surface area contributed by atoms with Gasteiger partial charge in [-0.3, -0.25) is 9.59 Å². The fourth-order valence-corrected chi connectivity index (χ4v) is 1.24. The molecule has 0 radical (unpaired) electrons. The van der Waals surface area contributed by atoms with Crippen molar-refractivity contribution in [2.75, 3.05) is 7.05 Å². The molecular weight excluding hydrogens is 180 g/mol. The Morgan fingerprint density at radius 1 is 1.00 bits per heavy atom. The van der Waals surface area contributed by atoms with Crippen molar-refractivity contribution in [3.05, 3.63) is 0 Å². The fraction of sp³-hybridized carbons (Fsp3) is 0.800. The van der Waals surface area contributed by atoms with Crippen molar-refractivity contribution in [1.82, 2.24) is 5.32 Å². The lowest BCUT2D eigenvalue weighted by molar-refractivity contribution is -0.120. The highest BCUT2D eigenvalue weighted by Gasteiger charge is 1.98. The van der Waals surface area contributed by atoms with E-state index in [1.165, 1.54) is 0 Å². The lowest BCUT2D eigenvalue weighted by Gasteiger charge is -2.00. The highest BCUT2D eigenvalue weighted by molar-refractivity contribution is 5.75. The zero-order valence-corrected chi connectivity index (χ0v) is 8.84. The van der Waals surface area contributed by atoms with E-state index in [4.69, 9.17) is 5.73 Å². The quantitative estimate of drug-likeness (QED) is 0.572. The van der Waals surface area contributed by atoms with Crippen LogP contribution in [0.3, 0.4) is 0 Å². The van der Waals surface area contributed by atoms with Crippen LogP contribution in [-0.2, 0) is 9.59 Å². The van der Waals surface area contributed by atoms with Gasteiger partial charge in [-0.15, -0.1) is 0 Å². The minimum Gasteiger partial charge on any atom is -0.370 e. The van der Waals surface area contributed by atoms with Crippen molar-refractivity contribution in [3.63, 3.8) is 0 Å². The summed E-state index contributed by atoms with van der Waals surface area (Å²) in [7, 11) is 1.65. The molecule has 0 bridgehead atoms. The van der Waals surface area contributed by atoms with Crippen LogP contribution in [-0.4, -0.2) is 18.9 Å². The van der Waals surface area contributed by atoms with Gasteiger partial charge in [-0.05, 0) is 12.8 Å². The molecule has 0 aromatic heterocycles. The van der Waals surface area contributed by atoms with E-state index in [-0.39, 0.29) is 11.8 Å². The lowest BCUT2D eigenvalue weighted by Crippen LogP contribution is -2.16. The molecule has 3 N–H and O–H groups in total. The molecule has 14 heavy (non-hydrogen) atoms. The summed E-state index contributed by atoms with van der Waals surface area (Å²) in [5.74, 6) is -0.127. The Labute approximate surface area is 85.2 Å². The van der Waals surface area contributed by atoms with Crippen LogP contribution in [0.2, 0.25) is 0 Å². The van der Waals surface area contributed by atoms with Crippen molar-refractivity contribution in [1.29, 1.82) is 0 Å². The number of hydrogen-bond acceptors (Lipinski definition) is 2. The van der Waals surface area contributed by atoms with Crippen LogP contribution >= 0.6 is 0 Å². The molecule has 2 amide bonds. The lowest BCUT2D eigenvalue weighted by atomic mass is 10.1. The van der Waals surface area contributed by atoms with Crippen molar-refractivity contribution in [2.24, 2.45) is 5.73 Å². The van der Waals surface area contributed by atoms with E-state index in [1.807, 2.05) is 0 Å². The minimum absolute atomic E-state index is 0.0992. The number of rotatable bonds is 8. The van der Waals surface area contributed by atoms with Gasteiger partial charge < -0.3 is 11.1 Å². The average molecular weight is 200 g/mol. The van der Waals surface area contributed by atoms with E-state index in [1.54, 1.807) is 7.05 Å². The number of amides is 2. The molecule has 0 aromatic carbocycles. The van der Waals surface area contributed by atoms with Crippen LogP contribution in [0, 0.1) is 0 Å². The summed E-state index contributed by atoms with van der Waals surface area (Å²) >= 11 is 0. The van der Waals surface area contributed by atoms with Crippen molar-refractivity contribution < 1.29 is 9.59 Å². The summed E-state index contributed by atoms with van der Waals surface area (Å²) in [4.78, 5) is 21.2. The Balaban J connectivity index is 3.06. The second kappa shape index (κ2) is 8.53. The molecule has 0 saturated carbocycles. The first kappa shape index (κ1) is 12.9. The smallest absolute Gasteiger partial charge is 0.219 e. The normalized spacial score (nSPS) is 9.79. The van der Waals surface area contributed by atoms with Crippen LogP contribution in [0.25, 0.3) is 0 Å². The van der Waals surface area contributed by atoms with Crippen LogP contribution in [0.5, 0.6) is 0 Å². The Hall–Kier alpha value is -1.06. The number of hydrogen-bond donors (Lipinski definition) is 2. The van der Waals surface area contributed by atoms with E-state index in [9.17, 15) is 9.59 Å². The van der Waals surface area contributed by atoms with Crippen LogP contribution in [0.15, 0.2) is 0 Å². The number of carbonyl (C=O) groups excluding carboxylic acids is 2. The molecule has 0 saturated heterocycles. The molecule has 0 fully saturated rings. The van der Waals surface area contributed by atoms with E-state index < -0.39 is 0 Å². The summed E-state index contributed by atoms with van der Waals surface area (Å²) in [5.41, 5.74) is 5.00. The Bertz CT molecular complexity index is 181. The third-order valence-corrected chi connectivity index (χ3v) is 2.11. The highest BCUT2D eigenvalue weighted by Crippen LogP contribution is 2.06. The fourth-order valence-electron chi connectivity index (χ4n) is 1.24. The summed E-state index contributed by atoms with van der Waals surface area (Å²) in [5, 5.41) is 2.58. The maximum atomic E-state index is 10.8. The molecule has 0 aromatic rings. The second-order valence-electron chi connectivity index (χ2n) is 3.41. The molecule has 0 aliphatic heterocycles. The van der Waals surface area contributed by atoms with Gasteiger partial charge in [0.05, 0.1) is 0 Å². The van der Waals surface area contributed by atoms with Gasteiger partial charge in [0.2, 0.25) is 11.8 Å². The monoisotopic (exact) mass is 200 g/mol. The van der Waals surface area contributed by atoms with Gasteiger partial charge in [0.15, 0.2) is 0 Å². The zero-order chi connectivity index (χ0) is 10.8. The first-order valence-corrected chi connectivity index (χ1v) is 5.15. The summed E-state index contributed by atoms with van der Waals surface area (Å²) in [6.07, 6.45) is 6.03. The van der Waals surface area contributed by atoms with Crippen LogP contribution in [0.4, 0.5) is 0 Å². The number of unbranched alkanes of at least 4 members (excludes halogenated alkanes) is 4. The van der Waals surface area contributed by atoms with Gasteiger partial charge in [-0.2, -0.15) is 0 Å². The molecule has 0 aliphatic rings. The van der Waals surface area contributed by atoms with E-state index >= 15 is 0 Å². The van der Waals surface area contributed by atoms with Crippen molar-refractivity contribution in [3.8, 4) is 0 Å². The summed E-state index contributed by atoms with van der Waals surface area (Å²) in [6.45, 7) is 0. The largest absolute Gasteiger partial charge is 0.370 e. The molecule has 0 heterocycles. The first-order valence-electron chi connectivity index (χ1n) is 5.15. The van der Waals surface area contributed by atoms with Gasteiger partial charge in [0.1, 0.15) is 0 Å². The second-order valence-corrected chi connectivity index (χ2v) is 3.41. The molecule has 0 unspecified atom stereocenters. The van der Waals surface area contributed by atoms with Gasteiger partial charge in [-0.1, -0.05) is 19.3 Å². The van der Waals surface area contributed by atoms with Crippen molar-refractivity contribution >= 4 is 11.8 Å². The Kier molecular flexibility index (Phi) is 7.89. The van der Waals surface area contributed by atoms with Gasteiger partial charge in [0, 0.05) is 19.9 Å². The van der Waals surface area contributed by atoms with Gasteiger partial charge in [-0.25, -0.2) is 0 Å². The zero-order valence-electron chi connectivity index (χ0n) is 8.84. The SMILES string of the molecule is CNC(=O)CCCCCCCC(N)=O. The van der Waals surface area contributed by atoms with Crippen LogP contribution in [0.1, 0.15) is 44.9 Å². The number of primary amides is 1. The number of carbonyl (C=O) groups is 2. The van der Waals surface area contributed by atoms with E-state index in [2.05, 4.69) is 5.32 Å². The average Bonchev–Trinajstić information content (AvgIpc) is 2.15. The molecule has 0 atom stereocenters. The standard InChI is InChI=1S/C10H20N2O2/c1-12-10(14)8-6-4-2-3-5-7-9(11)13/h2-8H2,1H3,(H2,11,13)(H,12,14). The molecule has 4 nitrogen and oxygen atoms in total. The first-order chi connectivity index (χ1) is 6.66. The summed E-state index contributed by atoms with van der Waals surface area (Å²) < 4.78 is 0. The molecule has 0 aliphatic carbocycles. The Morgan fingerprint density at radius 3 is 2.00 bits per heavy atom. The third-order valence-electron chi connectivity index (χ3n) is 2.11. The molecule has 0 spiro atoms. The summed E-state index contributed by atoms with van der Waals surface area (Å²) in [6, 6.07) is 0.